The van der Waals surface area contributed by atoms with Crippen molar-refractivity contribution >= 4 is 28.9 Å². The number of nitrogens with one attached hydrogen (secondary N) is 1. The first-order valence-corrected chi connectivity index (χ1v) is 10.8. The highest BCUT2D eigenvalue weighted by Gasteiger charge is 2.27. The summed E-state index contributed by atoms with van der Waals surface area (Å²) < 4.78 is 11.6. The first-order valence-electron chi connectivity index (χ1n) is 10.8. The Morgan fingerprint density at radius 2 is 1.85 bits per heavy atom. The molecule has 0 aliphatic carbocycles. The van der Waals surface area contributed by atoms with Crippen LogP contribution >= 0.6 is 0 Å². The lowest BCUT2D eigenvalue weighted by Crippen LogP contribution is -2.44. The summed E-state index contributed by atoms with van der Waals surface area (Å²) in [6, 6.07) is 13.2. The molecular weight excluding hydrogens is 420 g/mol. The summed E-state index contributed by atoms with van der Waals surface area (Å²) in [5, 5.41) is 3.22. The van der Waals surface area contributed by atoms with Crippen molar-refractivity contribution < 1.29 is 14.3 Å². The van der Waals surface area contributed by atoms with E-state index in [0.29, 0.717) is 34.6 Å². The van der Waals surface area contributed by atoms with Crippen LogP contribution in [0.3, 0.4) is 0 Å². The van der Waals surface area contributed by atoms with E-state index in [1.165, 1.54) is 4.90 Å². The van der Waals surface area contributed by atoms with Crippen LogP contribution in [-0.4, -0.2) is 68.2 Å². The van der Waals surface area contributed by atoms with E-state index < -0.39 is 0 Å². The van der Waals surface area contributed by atoms with Gasteiger partial charge in [-0.1, -0.05) is 12.1 Å². The van der Waals surface area contributed by atoms with Crippen LogP contribution in [0.4, 0.5) is 23.0 Å². The molecule has 5 rings (SSSR count). The highest BCUT2D eigenvalue weighted by atomic mass is 16.5. The van der Waals surface area contributed by atoms with Gasteiger partial charge in [-0.25, -0.2) is 4.98 Å². The van der Waals surface area contributed by atoms with Gasteiger partial charge in [-0.2, -0.15) is 4.98 Å². The van der Waals surface area contributed by atoms with Crippen LogP contribution < -0.4 is 24.6 Å². The second kappa shape index (κ2) is 8.59. The van der Waals surface area contributed by atoms with Gasteiger partial charge in [0.15, 0.2) is 0 Å². The number of anilines is 4. The van der Waals surface area contributed by atoms with Crippen molar-refractivity contribution in [2.24, 2.45) is 0 Å². The van der Waals surface area contributed by atoms with Crippen LogP contribution in [0.15, 0.2) is 48.7 Å². The Morgan fingerprint density at radius 1 is 1.06 bits per heavy atom. The van der Waals surface area contributed by atoms with Gasteiger partial charge in [0.1, 0.15) is 17.2 Å². The van der Waals surface area contributed by atoms with Gasteiger partial charge < -0.3 is 29.5 Å². The Hall–Kier alpha value is -3.85. The summed E-state index contributed by atoms with van der Waals surface area (Å²) in [6.07, 6.45) is 1.58. The van der Waals surface area contributed by atoms with E-state index in [4.69, 9.17) is 9.47 Å². The van der Waals surface area contributed by atoms with Crippen molar-refractivity contribution in [2.75, 3.05) is 62.5 Å². The lowest BCUT2D eigenvalue weighted by atomic mass is 10.2. The lowest BCUT2D eigenvalue weighted by molar-refractivity contribution is 0.0993. The summed E-state index contributed by atoms with van der Waals surface area (Å²) >= 11 is 0. The molecule has 0 bridgehead atoms. The maximum atomic E-state index is 12.8. The normalized spacial score (nSPS) is 15.9. The average molecular weight is 447 g/mol. The molecule has 1 amide bonds. The number of rotatable bonds is 4. The molecule has 170 valence electrons. The number of nitrogens with zero attached hydrogens (tertiary/aromatic N) is 5. The monoisotopic (exact) mass is 446 g/mol. The topological polar surface area (TPSA) is 83.1 Å². The first-order chi connectivity index (χ1) is 16.0. The summed E-state index contributed by atoms with van der Waals surface area (Å²) in [4.78, 5) is 27.9. The molecule has 0 saturated carbocycles. The molecule has 2 aromatic carbocycles. The minimum Gasteiger partial charge on any atom is -0.494 e. The molecule has 0 spiro atoms. The smallest absolute Gasteiger partial charge is 0.261 e. The summed E-state index contributed by atoms with van der Waals surface area (Å²) in [5.74, 6) is 1.64. The van der Waals surface area contributed by atoms with Gasteiger partial charge in [0.2, 0.25) is 11.8 Å². The van der Waals surface area contributed by atoms with Crippen molar-refractivity contribution in [3.8, 4) is 17.4 Å². The van der Waals surface area contributed by atoms with Gasteiger partial charge in [-0.05, 0) is 31.3 Å². The minimum atomic E-state index is -0.171. The van der Waals surface area contributed by atoms with E-state index in [1.54, 1.807) is 38.6 Å². The van der Waals surface area contributed by atoms with Crippen LogP contribution in [0.5, 0.6) is 17.4 Å². The van der Waals surface area contributed by atoms with Crippen LogP contribution in [-0.2, 0) is 0 Å². The third-order valence-corrected chi connectivity index (χ3v) is 6.03. The SMILES string of the molecule is COc1cc(N2CCN(C)CC2)ccc1Nc1ncc2c(n1)Oc1ccccc1C(=O)N2C. The zero-order chi connectivity index (χ0) is 22.9. The third kappa shape index (κ3) is 4.03. The molecule has 1 fully saturated rings. The molecule has 9 nitrogen and oxygen atoms in total. The highest BCUT2D eigenvalue weighted by Crippen LogP contribution is 2.38. The largest absolute Gasteiger partial charge is 0.494 e. The van der Waals surface area contributed by atoms with E-state index in [0.717, 1.165) is 37.6 Å². The number of hydrogen-bond acceptors (Lipinski definition) is 8. The number of aromatic nitrogens is 2. The minimum absolute atomic E-state index is 0.171. The van der Waals surface area contributed by atoms with Crippen LogP contribution in [0.1, 0.15) is 10.4 Å². The molecule has 0 unspecified atom stereocenters. The van der Waals surface area contributed by atoms with E-state index in [2.05, 4.69) is 38.2 Å². The van der Waals surface area contributed by atoms with Crippen molar-refractivity contribution in [1.82, 2.24) is 14.9 Å². The molecule has 1 saturated heterocycles. The van der Waals surface area contributed by atoms with Crippen LogP contribution in [0, 0.1) is 0 Å². The molecule has 3 heterocycles. The molecule has 0 atom stereocenters. The predicted octanol–water partition coefficient (Wildman–Crippen LogP) is 3.36. The van der Waals surface area contributed by atoms with Gasteiger partial charge in [-0.15, -0.1) is 0 Å². The number of likely N-dealkylation sites (N-methyl/N-ethyl adjacent to an activating group) is 1. The number of benzene rings is 2. The fraction of sp³-hybridized carbons (Fsp3) is 0.292. The standard InChI is InChI=1S/C24H26N6O3/c1-28-10-12-30(13-11-28)16-8-9-18(21(14-16)32-3)26-24-25-15-19-22(27-24)33-20-7-5-4-6-17(20)23(31)29(19)2/h4-9,14-15H,10-13H2,1-3H3,(H,25,26,27). The van der Waals surface area contributed by atoms with Crippen molar-refractivity contribution in [3.63, 3.8) is 0 Å². The average Bonchev–Trinajstić information content (AvgIpc) is 2.94. The first kappa shape index (κ1) is 21.0. The van der Waals surface area contributed by atoms with Crippen LogP contribution in [0.2, 0.25) is 0 Å². The number of carbonyl (C=O) groups excluding carboxylic acids is 1. The Bertz CT molecular complexity index is 1190. The predicted molar refractivity (Wildman–Crippen MR) is 127 cm³/mol. The van der Waals surface area contributed by atoms with E-state index in [-0.39, 0.29) is 5.91 Å². The Kier molecular flexibility index (Phi) is 5.47. The number of methoxy groups -OCH3 is 1. The zero-order valence-electron chi connectivity index (χ0n) is 18.9. The quantitative estimate of drug-likeness (QED) is 0.653. The molecule has 3 aromatic rings. The maximum Gasteiger partial charge on any atom is 0.261 e. The summed E-state index contributed by atoms with van der Waals surface area (Å²) in [7, 11) is 5.47. The van der Waals surface area contributed by atoms with E-state index in [1.807, 2.05) is 18.2 Å². The number of carbonyl (C=O) groups is 1. The van der Waals surface area contributed by atoms with Gasteiger partial charge in [0.25, 0.3) is 5.91 Å². The number of amides is 1. The number of fused-ring (bicyclic) bond motifs is 2. The number of para-hydroxylation sites is 1. The molecule has 0 radical (unpaired) electrons. The lowest BCUT2D eigenvalue weighted by Gasteiger charge is -2.34. The number of ether oxygens (including phenoxy) is 2. The summed E-state index contributed by atoms with van der Waals surface area (Å²) in [5.41, 5.74) is 2.84. The second-order valence-corrected chi connectivity index (χ2v) is 8.15. The van der Waals surface area contributed by atoms with Gasteiger partial charge >= 0.3 is 0 Å². The fourth-order valence-corrected chi connectivity index (χ4v) is 4.02. The van der Waals surface area contributed by atoms with Crippen molar-refractivity contribution in [1.29, 1.82) is 0 Å². The molecule has 9 heteroatoms. The molecule has 1 aromatic heterocycles. The fourth-order valence-electron chi connectivity index (χ4n) is 4.02. The Labute approximate surface area is 192 Å². The van der Waals surface area contributed by atoms with Crippen LogP contribution in [0.25, 0.3) is 0 Å². The second-order valence-electron chi connectivity index (χ2n) is 8.15. The zero-order valence-corrected chi connectivity index (χ0v) is 18.9. The molecule has 2 aliphatic rings. The van der Waals surface area contributed by atoms with Crippen molar-refractivity contribution in [2.45, 2.75) is 0 Å². The Balaban J connectivity index is 1.42. The molecular formula is C24H26N6O3. The molecule has 2 aliphatic heterocycles. The molecule has 33 heavy (non-hydrogen) atoms. The number of piperazine rings is 1. The highest BCUT2D eigenvalue weighted by molar-refractivity contribution is 6.09. The molecule has 1 N–H and O–H groups in total. The van der Waals surface area contributed by atoms with Gasteiger partial charge in [0, 0.05) is 45.0 Å². The maximum absolute atomic E-state index is 12.8. The van der Waals surface area contributed by atoms with Gasteiger partial charge in [-0.3, -0.25) is 4.79 Å². The van der Waals surface area contributed by atoms with E-state index in [9.17, 15) is 4.79 Å². The third-order valence-electron chi connectivity index (χ3n) is 6.03. The van der Waals surface area contributed by atoms with E-state index >= 15 is 0 Å². The Morgan fingerprint density at radius 3 is 2.64 bits per heavy atom. The van der Waals surface area contributed by atoms with Crippen molar-refractivity contribution in [3.05, 3.63) is 54.2 Å². The summed E-state index contributed by atoms with van der Waals surface area (Å²) in [6.45, 7) is 4.02. The number of hydrogen-bond donors (Lipinski definition) is 1. The van der Waals surface area contributed by atoms with Gasteiger partial charge in [0.05, 0.1) is 24.6 Å².